The predicted octanol–water partition coefficient (Wildman–Crippen LogP) is 6.26. The molecule has 0 saturated heterocycles. The summed E-state index contributed by atoms with van der Waals surface area (Å²) in [6.45, 7) is 4.00. The highest BCUT2D eigenvalue weighted by Crippen LogP contribution is 2.09. The molecule has 20 heavy (non-hydrogen) atoms. The van der Waals surface area contributed by atoms with Crippen molar-refractivity contribution in [2.24, 2.45) is 0 Å². The number of hydrogen-bond acceptors (Lipinski definition) is 1. The summed E-state index contributed by atoms with van der Waals surface area (Å²) in [4.78, 5) is 0. The zero-order valence-electron chi connectivity index (χ0n) is 13.3. The highest BCUT2D eigenvalue weighted by Gasteiger charge is 1.92. The molecule has 1 nitrogen and oxygen atoms in total. The normalized spacial score (nSPS) is 10.3. The van der Waals surface area contributed by atoms with Gasteiger partial charge in [-0.2, -0.15) is 0 Å². The van der Waals surface area contributed by atoms with E-state index >= 15 is 0 Å². The minimum atomic E-state index is 0.677. The second kappa shape index (κ2) is 18.8. The van der Waals surface area contributed by atoms with E-state index in [1.54, 1.807) is 0 Å². The maximum absolute atomic E-state index is 5.59. The van der Waals surface area contributed by atoms with Crippen LogP contribution in [0.4, 0.5) is 0 Å². The molecule has 0 bridgehead atoms. The predicted molar refractivity (Wildman–Crippen MR) is 90.7 cm³/mol. The zero-order chi connectivity index (χ0) is 14.7. The van der Waals surface area contributed by atoms with Crippen molar-refractivity contribution in [3.8, 4) is 0 Å². The van der Waals surface area contributed by atoms with Crippen molar-refractivity contribution >= 4 is 11.6 Å². The van der Waals surface area contributed by atoms with Crippen LogP contribution >= 0.6 is 11.6 Å². The van der Waals surface area contributed by atoms with Gasteiger partial charge in [-0.15, -0.1) is 17.3 Å². The molecule has 0 atom stereocenters. The van der Waals surface area contributed by atoms with Gasteiger partial charge in [0, 0.05) is 12.5 Å². The monoisotopic (exact) mass is 300 g/mol. The number of alkyl halides is 1. The minimum absolute atomic E-state index is 0.677. The average Bonchev–Trinajstić information content (AvgIpc) is 2.47. The van der Waals surface area contributed by atoms with E-state index in [0.29, 0.717) is 5.88 Å². The second-order valence-electron chi connectivity index (χ2n) is 5.28. The summed E-state index contributed by atoms with van der Waals surface area (Å²) in [6, 6.07) is 0. The first kappa shape index (κ1) is 19.8. The summed E-state index contributed by atoms with van der Waals surface area (Å²) in [5, 5.41) is 0. The zero-order valence-corrected chi connectivity index (χ0v) is 14.1. The van der Waals surface area contributed by atoms with E-state index in [1.807, 2.05) is 12.2 Å². The summed E-state index contributed by atoms with van der Waals surface area (Å²) in [5.41, 5.74) is 3.11. The van der Waals surface area contributed by atoms with Crippen molar-refractivity contribution in [1.82, 2.24) is 0 Å². The number of rotatable bonds is 15. The number of halogens is 1. The van der Waals surface area contributed by atoms with Gasteiger partial charge < -0.3 is 4.74 Å². The molecule has 0 fully saturated rings. The third kappa shape index (κ3) is 17.8. The van der Waals surface area contributed by atoms with Crippen molar-refractivity contribution < 1.29 is 4.74 Å². The molecule has 0 heterocycles. The summed E-state index contributed by atoms with van der Waals surface area (Å²) in [6.07, 6.45) is 18.2. The molecule has 0 aliphatic rings. The van der Waals surface area contributed by atoms with Crippen LogP contribution in [-0.2, 0) is 4.74 Å². The highest BCUT2D eigenvalue weighted by molar-refractivity contribution is 6.17. The molecular formula is C18H33ClO. The molecule has 0 unspecified atom stereocenters. The van der Waals surface area contributed by atoms with Crippen molar-refractivity contribution in [2.45, 2.75) is 77.6 Å². The largest absolute Gasteiger partial charge is 0.381 e. The van der Waals surface area contributed by atoms with E-state index in [-0.39, 0.29) is 0 Å². The van der Waals surface area contributed by atoms with Gasteiger partial charge in [0.15, 0.2) is 0 Å². The van der Waals surface area contributed by atoms with Crippen LogP contribution in [0.3, 0.4) is 0 Å². The van der Waals surface area contributed by atoms with Crippen LogP contribution in [0.5, 0.6) is 0 Å². The van der Waals surface area contributed by atoms with Gasteiger partial charge in [-0.25, -0.2) is 0 Å². The fourth-order valence-electron chi connectivity index (χ4n) is 2.06. The van der Waals surface area contributed by atoms with Crippen LogP contribution < -0.4 is 0 Å². The first-order valence-corrected chi connectivity index (χ1v) is 8.98. The topological polar surface area (TPSA) is 9.23 Å². The van der Waals surface area contributed by atoms with Gasteiger partial charge in [0.2, 0.25) is 0 Å². The minimum Gasteiger partial charge on any atom is -0.381 e. The van der Waals surface area contributed by atoms with Crippen molar-refractivity contribution in [3.63, 3.8) is 0 Å². The molecule has 0 spiro atoms. The molecule has 0 N–H and O–H groups in total. The van der Waals surface area contributed by atoms with Crippen molar-refractivity contribution in [3.05, 3.63) is 17.9 Å². The van der Waals surface area contributed by atoms with Gasteiger partial charge in [0.05, 0.1) is 6.61 Å². The third-order valence-electron chi connectivity index (χ3n) is 3.29. The lowest BCUT2D eigenvalue weighted by Gasteiger charge is -2.03. The van der Waals surface area contributed by atoms with E-state index in [4.69, 9.17) is 16.3 Å². The van der Waals surface area contributed by atoms with Crippen LogP contribution in [0.2, 0.25) is 0 Å². The van der Waals surface area contributed by atoms with E-state index in [1.165, 1.54) is 57.8 Å². The van der Waals surface area contributed by atoms with Gasteiger partial charge in [-0.3, -0.25) is 0 Å². The van der Waals surface area contributed by atoms with E-state index < -0.39 is 0 Å². The molecule has 0 rings (SSSR count). The van der Waals surface area contributed by atoms with Gasteiger partial charge in [-0.05, 0) is 31.4 Å². The molecule has 0 aromatic heterocycles. The smallest absolute Gasteiger partial charge is 0.0506 e. The molecule has 118 valence electrons. The molecule has 0 radical (unpaired) electrons. The van der Waals surface area contributed by atoms with Gasteiger partial charge in [0.1, 0.15) is 0 Å². The Bertz CT molecular complexity index is 232. The highest BCUT2D eigenvalue weighted by atomic mass is 35.5. The van der Waals surface area contributed by atoms with Gasteiger partial charge >= 0.3 is 0 Å². The molecule has 0 amide bonds. The van der Waals surface area contributed by atoms with Crippen molar-refractivity contribution in [1.29, 1.82) is 0 Å². The average molecular weight is 301 g/mol. The fourth-order valence-corrected chi connectivity index (χ4v) is 2.17. The van der Waals surface area contributed by atoms with Crippen LogP contribution in [-0.4, -0.2) is 19.1 Å². The van der Waals surface area contributed by atoms with E-state index in [9.17, 15) is 0 Å². The lowest BCUT2D eigenvalue weighted by atomic mass is 10.1. The summed E-state index contributed by atoms with van der Waals surface area (Å²) >= 11 is 5.56. The number of hydrogen-bond donors (Lipinski definition) is 0. The fraction of sp³-hybridized carbons (Fsp3) is 0.833. The van der Waals surface area contributed by atoms with Gasteiger partial charge in [0.25, 0.3) is 0 Å². The van der Waals surface area contributed by atoms with Crippen molar-refractivity contribution in [2.75, 3.05) is 19.1 Å². The Morgan fingerprint density at radius 2 is 1.40 bits per heavy atom. The molecule has 0 aliphatic carbocycles. The maximum Gasteiger partial charge on any atom is 0.0506 e. The Hall–Kier alpha value is -0.230. The Kier molecular flexibility index (Phi) is 18.6. The third-order valence-corrected chi connectivity index (χ3v) is 3.51. The first-order valence-electron chi connectivity index (χ1n) is 8.45. The second-order valence-corrected chi connectivity index (χ2v) is 5.66. The standard InChI is InChI=1S/C18H33ClO/c1-2-3-4-5-6-7-8-11-14-17-20-18-15-12-9-10-13-16-19/h10,12H,2-8,11,13-18H2,1H3. The van der Waals surface area contributed by atoms with Crippen LogP contribution in [0.15, 0.2) is 17.9 Å². The molecule has 0 aromatic rings. The van der Waals surface area contributed by atoms with Crippen LogP contribution in [0, 0.1) is 0 Å². The SMILES string of the molecule is CCCCCCCCCCCOCCC=C=CCCCl. The Morgan fingerprint density at radius 1 is 0.800 bits per heavy atom. The summed E-state index contributed by atoms with van der Waals surface area (Å²) in [5.74, 6) is 0.677. The van der Waals surface area contributed by atoms with Gasteiger partial charge in [-0.1, -0.05) is 58.3 Å². The summed E-state index contributed by atoms with van der Waals surface area (Å²) in [7, 11) is 0. The molecule has 2 heteroatoms. The lowest BCUT2D eigenvalue weighted by molar-refractivity contribution is 0.134. The number of unbranched alkanes of at least 4 members (excludes halogenated alkanes) is 8. The Balaban J connectivity index is 3.04. The lowest BCUT2D eigenvalue weighted by Crippen LogP contribution is -1.95. The Labute approximate surface area is 131 Å². The molecule has 0 aliphatic heterocycles. The van der Waals surface area contributed by atoms with E-state index in [0.717, 1.165) is 26.1 Å². The first-order chi connectivity index (χ1) is 9.91. The van der Waals surface area contributed by atoms with Crippen LogP contribution in [0.1, 0.15) is 77.6 Å². The maximum atomic E-state index is 5.59. The Morgan fingerprint density at radius 3 is 2.05 bits per heavy atom. The quantitative estimate of drug-likeness (QED) is 0.197. The summed E-state index contributed by atoms with van der Waals surface area (Å²) < 4.78 is 5.59. The molecule has 0 saturated carbocycles. The number of ether oxygens (including phenoxy) is 1. The molecular weight excluding hydrogens is 268 g/mol. The molecule has 0 aromatic carbocycles. The van der Waals surface area contributed by atoms with E-state index in [2.05, 4.69) is 12.7 Å². The van der Waals surface area contributed by atoms with Crippen LogP contribution in [0.25, 0.3) is 0 Å².